The van der Waals surface area contributed by atoms with Crippen LogP contribution in [0.4, 0.5) is 0 Å². The molecule has 12 rings (SSSR count). The van der Waals surface area contributed by atoms with Crippen molar-refractivity contribution in [1.82, 2.24) is 19.1 Å². The second-order valence-electron chi connectivity index (χ2n) is 17.1. The van der Waals surface area contributed by atoms with Crippen LogP contribution in [0, 0.1) is 13.8 Å². The van der Waals surface area contributed by atoms with Gasteiger partial charge in [0.1, 0.15) is 0 Å². The predicted molar refractivity (Wildman–Crippen MR) is 275 cm³/mol. The number of benzene rings is 8. The highest BCUT2D eigenvalue weighted by Gasteiger charge is 2.21. The van der Waals surface area contributed by atoms with Gasteiger partial charge < -0.3 is 9.13 Å². The maximum absolute atomic E-state index is 5.25. The summed E-state index contributed by atoms with van der Waals surface area (Å²) in [6.07, 6.45) is 4.48. The van der Waals surface area contributed by atoms with Crippen molar-refractivity contribution in [1.29, 1.82) is 0 Å². The molecule has 4 aromatic heterocycles. The lowest BCUT2D eigenvalue weighted by atomic mass is 9.90. The van der Waals surface area contributed by atoms with Crippen LogP contribution in [-0.2, 0) is 0 Å². The lowest BCUT2D eigenvalue weighted by Crippen LogP contribution is -1.99. The zero-order valence-electron chi connectivity index (χ0n) is 36.7. The van der Waals surface area contributed by atoms with Crippen LogP contribution in [0.2, 0.25) is 0 Å². The van der Waals surface area contributed by atoms with Crippen molar-refractivity contribution >= 4 is 32.6 Å². The highest BCUT2D eigenvalue weighted by Crippen LogP contribution is 2.43. The number of fused-ring (bicyclic) bond motifs is 6. The first-order valence-corrected chi connectivity index (χ1v) is 22.6. The van der Waals surface area contributed by atoms with Gasteiger partial charge in [0.05, 0.1) is 33.8 Å². The van der Waals surface area contributed by atoms with Gasteiger partial charge in [-0.05, 0) is 95.1 Å². The molecule has 0 unspecified atom stereocenters. The van der Waals surface area contributed by atoms with E-state index in [1.807, 2.05) is 0 Å². The summed E-state index contributed by atoms with van der Waals surface area (Å²) < 4.78 is 4.74. The standard InChI is InChI=1S/C62H44N4/c1-41-18-15-16-27-50(41)52-29-17-28-51(42(52)2)47-30-31-53-56(36-47)54-32-34-65(48-37-57(43-19-7-3-8-20-43)63-58(38-48)44-21-9-4-10-22-44)62(54)55-33-35-66(61(53)55)49-39-59(45-23-11-5-12-24-45)64-60(40-49)46-25-13-6-14-26-46/h3-40H,1-2H3. The fourth-order valence-electron chi connectivity index (χ4n) is 9.85. The number of aromatic nitrogens is 4. The number of nitrogens with zero attached hydrogens (tertiary/aromatic N) is 4. The second kappa shape index (κ2) is 16.2. The van der Waals surface area contributed by atoms with E-state index in [9.17, 15) is 0 Å². The summed E-state index contributed by atoms with van der Waals surface area (Å²) in [4.78, 5) is 10.5. The minimum absolute atomic E-state index is 0.924. The van der Waals surface area contributed by atoms with Crippen LogP contribution < -0.4 is 0 Å². The Hall–Kier alpha value is -8.60. The molecule has 8 aromatic carbocycles. The molecule has 312 valence electrons. The van der Waals surface area contributed by atoms with Crippen LogP contribution in [0.5, 0.6) is 0 Å². The Bertz CT molecular complexity index is 3640. The minimum atomic E-state index is 0.924. The SMILES string of the molecule is Cc1ccccc1-c1cccc(-c2ccc3c(c2)c2ccn(-c4cc(-c5ccccc5)nc(-c5ccccc5)c4)c2c2ccn(-c4cc(-c5ccccc5)nc(-c5ccccc5)c4)c32)c1C. The van der Waals surface area contributed by atoms with Crippen molar-refractivity contribution in [3.63, 3.8) is 0 Å². The summed E-state index contributed by atoms with van der Waals surface area (Å²) in [6, 6.07) is 77.9. The Morgan fingerprint density at radius 3 is 1.20 bits per heavy atom. The maximum atomic E-state index is 5.25. The molecule has 0 aliphatic carbocycles. The van der Waals surface area contributed by atoms with Crippen molar-refractivity contribution in [2.24, 2.45) is 0 Å². The van der Waals surface area contributed by atoms with Gasteiger partial charge in [-0.3, -0.25) is 0 Å². The quantitative estimate of drug-likeness (QED) is 0.153. The van der Waals surface area contributed by atoms with E-state index in [1.54, 1.807) is 0 Å². The zero-order valence-corrected chi connectivity index (χ0v) is 36.7. The summed E-state index contributed by atoms with van der Waals surface area (Å²) in [6.45, 7) is 4.46. The normalized spacial score (nSPS) is 11.5. The molecule has 0 amide bonds. The molecule has 0 fully saturated rings. The summed E-state index contributed by atoms with van der Waals surface area (Å²) >= 11 is 0. The highest BCUT2D eigenvalue weighted by atomic mass is 15.0. The highest BCUT2D eigenvalue weighted by molar-refractivity contribution is 6.25. The summed E-state index contributed by atoms with van der Waals surface area (Å²) in [5.41, 5.74) is 19.8. The number of pyridine rings is 2. The van der Waals surface area contributed by atoms with Crippen LogP contribution >= 0.6 is 0 Å². The van der Waals surface area contributed by atoms with E-state index >= 15 is 0 Å². The Morgan fingerprint density at radius 2 is 0.712 bits per heavy atom. The molecule has 4 heteroatoms. The molecule has 4 nitrogen and oxygen atoms in total. The summed E-state index contributed by atoms with van der Waals surface area (Å²) in [5, 5.41) is 4.72. The Labute approximate surface area is 384 Å². The largest absolute Gasteiger partial charge is 0.316 e. The topological polar surface area (TPSA) is 35.6 Å². The molecule has 0 saturated heterocycles. The molecule has 0 spiro atoms. The molecule has 12 aromatic rings. The molecule has 0 aliphatic rings. The van der Waals surface area contributed by atoms with Crippen LogP contribution in [-0.4, -0.2) is 19.1 Å². The van der Waals surface area contributed by atoms with Crippen molar-refractivity contribution < 1.29 is 0 Å². The van der Waals surface area contributed by atoms with Crippen molar-refractivity contribution in [2.75, 3.05) is 0 Å². The van der Waals surface area contributed by atoms with Crippen molar-refractivity contribution in [3.05, 3.63) is 242 Å². The molecule has 0 bridgehead atoms. The number of hydrogen-bond acceptors (Lipinski definition) is 2. The molecule has 66 heavy (non-hydrogen) atoms. The minimum Gasteiger partial charge on any atom is -0.316 e. The number of hydrogen-bond donors (Lipinski definition) is 0. The van der Waals surface area contributed by atoms with E-state index in [0.29, 0.717) is 0 Å². The third-order valence-corrected chi connectivity index (χ3v) is 13.1. The van der Waals surface area contributed by atoms with Crippen molar-refractivity contribution in [2.45, 2.75) is 13.8 Å². The van der Waals surface area contributed by atoms with Gasteiger partial charge in [0.2, 0.25) is 0 Å². The van der Waals surface area contributed by atoms with Gasteiger partial charge in [-0.2, -0.15) is 0 Å². The lowest BCUT2D eigenvalue weighted by molar-refractivity contribution is 1.11. The van der Waals surface area contributed by atoms with E-state index in [2.05, 4.69) is 254 Å². The van der Waals surface area contributed by atoms with E-state index in [1.165, 1.54) is 49.5 Å². The van der Waals surface area contributed by atoms with Crippen LogP contribution in [0.3, 0.4) is 0 Å². The van der Waals surface area contributed by atoms with Gasteiger partial charge in [-0.15, -0.1) is 0 Å². The maximum Gasteiger partial charge on any atom is 0.0730 e. The Kier molecular flexibility index (Phi) is 9.57. The van der Waals surface area contributed by atoms with Crippen LogP contribution in [0.1, 0.15) is 11.1 Å². The molecule has 0 saturated carbocycles. The predicted octanol–water partition coefficient (Wildman–Crippen LogP) is 16.1. The molecule has 4 heterocycles. The van der Waals surface area contributed by atoms with Crippen molar-refractivity contribution in [3.8, 4) is 78.7 Å². The first-order valence-electron chi connectivity index (χ1n) is 22.6. The molecule has 0 atom stereocenters. The second-order valence-corrected chi connectivity index (χ2v) is 17.1. The monoisotopic (exact) mass is 844 g/mol. The molecular weight excluding hydrogens is 801 g/mol. The summed E-state index contributed by atoms with van der Waals surface area (Å²) in [5.74, 6) is 0. The average molecular weight is 845 g/mol. The van der Waals surface area contributed by atoms with Gasteiger partial charge >= 0.3 is 0 Å². The number of aryl methyl sites for hydroxylation is 1. The van der Waals surface area contributed by atoms with E-state index in [0.717, 1.165) is 72.8 Å². The van der Waals surface area contributed by atoms with Gasteiger partial charge in [-0.25, -0.2) is 9.97 Å². The average Bonchev–Trinajstić information content (AvgIpc) is 4.04. The first kappa shape index (κ1) is 39.0. The van der Waals surface area contributed by atoms with E-state index in [4.69, 9.17) is 9.97 Å². The van der Waals surface area contributed by atoms with Gasteiger partial charge in [0.15, 0.2) is 0 Å². The Morgan fingerprint density at radius 1 is 0.303 bits per heavy atom. The molecule has 0 N–H and O–H groups in total. The van der Waals surface area contributed by atoms with Gasteiger partial charge in [0.25, 0.3) is 0 Å². The molecule has 0 radical (unpaired) electrons. The third kappa shape index (κ3) is 6.79. The zero-order chi connectivity index (χ0) is 44.1. The fraction of sp³-hybridized carbons (Fsp3) is 0.0323. The lowest BCUT2D eigenvalue weighted by Gasteiger charge is -2.17. The van der Waals surface area contributed by atoms with Crippen LogP contribution in [0.25, 0.3) is 111 Å². The molecule has 0 aliphatic heterocycles. The fourth-order valence-corrected chi connectivity index (χ4v) is 9.85. The smallest absolute Gasteiger partial charge is 0.0730 e. The van der Waals surface area contributed by atoms with Gasteiger partial charge in [-0.1, -0.05) is 176 Å². The first-order chi connectivity index (χ1) is 32.6. The third-order valence-electron chi connectivity index (χ3n) is 13.1. The van der Waals surface area contributed by atoms with Crippen LogP contribution in [0.15, 0.2) is 231 Å². The summed E-state index contributed by atoms with van der Waals surface area (Å²) in [7, 11) is 0. The molecular formula is C62H44N4. The number of rotatable bonds is 8. The Balaban J connectivity index is 1.14. The van der Waals surface area contributed by atoms with E-state index < -0.39 is 0 Å². The van der Waals surface area contributed by atoms with E-state index in [-0.39, 0.29) is 0 Å². The van der Waals surface area contributed by atoms with Gasteiger partial charge in [0, 0.05) is 62.2 Å².